The molecule has 0 radical (unpaired) electrons. The molecule has 2 aliphatic heterocycles. The van der Waals surface area contributed by atoms with Crippen LogP contribution < -0.4 is 10.1 Å². The van der Waals surface area contributed by atoms with Gasteiger partial charge in [0.25, 0.3) is 5.91 Å². The highest BCUT2D eigenvalue weighted by Crippen LogP contribution is 2.30. The maximum absolute atomic E-state index is 13.6. The van der Waals surface area contributed by atoms with Crippen LogP contribution in [0, 0.1) is 5.82 Å². The standard InChI is InChI=1S/C13H15FN2O2/c1-18-12-3-2-8(4-11(12)14)13(17)16-9-5-10(16)7-15-6-9/h2-4,9-10,15H,5-7H2,1H3. The summed E-state index contributed by atoms with van der Waals surface area (Å²) in [4.78, 5) is 14.1. The molecular weight excluding hydrogens is 235 g/mol. The number of benzene rings is 1. The molecule has 2 saturated heterocycles. The lowest BCUT2D eigenvalue weighted by Crippen LogP contribution is -2.69. The molecule has 0 aliphatic carbocycles. The highest BCUT2D eigenvalue weighted by Gasteiger charge is 2.44. The van der Waals surface area contributed by atoms with E-state index in [0.29, 0.717) is 5.56 Å². The molecule has 2 unspecified atom stereocenters. The van der Waals surface area contributed by atoms with Crippen molar-refractivity contribution in [1.29, 1.82) is 0 Å². The van der Waals surface area contributed by atoms with Crippen molar-refractivity contribution < 1.29 is 13.9 Å². The molecule has 96 valence electrons. The number of carbonyl (C=O) groups is 1. The van der Waals surface area contributed by atoms with Crippen molar-refractivity contribution in [2.45, 2.75) is 18.5 Å². The predicted octanol–water partition coefficient (Wildman–Crippen LogP) is 1.02. The Kier molecular flexibility index (Phi) is 2.70. The summed E-state index contributed by atoms with van der Waals surface area (Å²) in [6.45, 7) is 1.67. The second-order valence-corrected chi connectivity index (χ2v) is 4.76. The summed E-state index contributed by atoms with van der Waals surface area (Å²) in [5.74, 6) is -0.413. The molecule has 4 nitrogen and oxygen atoms in total. The Morgan fingerprint density at radius 1 is 1.44 bits per heavy atom. The molecule has 1 amide bonds. The fourth-order valence-corrected chi connectivity index (χ4v) is 2.76. The van der Waals surface area contributed by atoms with E-state index in [0.717, 1.165) is 19.5 Å². The van der Waals surface area contributed by atoms with Crippen molar-refractivity contribution in [2.24, 2.45) is 0 Å². The highest BCUT2D eigenvalue weighted by atomic mass is 19.1. The summed E-state index contributed by atoms with van der Waals surface area (Å²) in [6.07, 6.45) is 1.05. The number of rotatable bonds is 2. The summed E-state index contributed by atoms with van der Waals surface area (Å²) >= 11 is 0. The van der Waals surface area contributed by atoms with E-state index >= 15 is 0 Å². The van der Waals surface area contributed by atoms with E-state index < -0.39 is 5.82 Å². The third kappa shape index (κ3) is 1.66. The lowest BCUT2D eigenvalue weighted by atomic mass is 9.88. The molecule has 2 atom stereocenters. The minimum absolute atomic E-state index is 0.0840. The zero-order chi connectivity index (χ0) is 12.7. The normalized spacial score (nSPS) is 25.6. The molecule has 3 rings (SSSR count). The molecule has 1 aromatic carbocycles. The first-order chi connectivity index (χ1) is 8.70. The number of fused-ring (bicyclic) bond motifs is 2. The maximum atomic E-state index is 13.6. The summed E-state index contributed by atoms with van der Waals surface area (Å²) in [7, 11) is 1.41. The van der Waals surface area contributed by atoms with Gasteiger partial charge < -0.3 is 15.0 Å². The number of amides is 1. The van der Waals surface area contributed by atoms with Crippen LogP contribution in [0.5, 0.6) is 5.75 Å². The number of ether oxygens (including phenoxy) is 1. The van der Waals surface area contributed by atoms with Gasteiger partial charge in [-0.25, -0.2) is 4.39 Å². The lowest BCUT2D eigenvalue weighted by molar-refractivity contribution is -0.00221. The first-order valence-electron chi connectivity index (χ1n) is 6.07. The second-order valence-electron chi connectivity index (χ2n) is 4.76. The molecule has 0 spiro atoms. The number of carbonyl (C=O) groups excluding carboxylic acids is 1. The third-order valence-corrected chi connectivity index (χ3v) is 3.72. The third-order valence-electron chi connectivity index (χ3n) is 3.72. The van der Waals surface area contributed by atoms with Crippen molar-refractivity contribution >= 4 is 5.91 Å². The van der Waals surface area contributed by atoms with Crippen LogP contribution in [-0.2, 0) is 0 Å². The first-order valence-corrected chi connectivity index (χ1v) is 6.07. The molecule has 2 fully saturated rings. The summed E-state index contributed by atoms with van der Waals surface area (Å²) in [6, 6.07) is 4.90. The molecule has 18 heavy (non-hydrogen) atoms. The Balaban J connectivity index is 1.82. The summed E-state index contributed by atoms with van der Waals surface area (Å²) < 4.78 is 18.4. The van der Waals surface area contributed by atoms with Gasteiger partial charge in [0.05, 0.1) is 7.11 Å². The van der Waals surface area contributed by atoms with E-state index in [2.05, 4.69) is 5.32 Å². The van der Waals surface area contributed by atoms with Crippen molar-refractivity contribution in [3.8, 4) is 5.75 Å². The molecule has 0 aromatic heterocycles. The predicted molar refractivity (Wildman–Crippen MR) is 64.2 cm³/mol. The Morgan fingerprint density at radius 3 is 2.72 bits per heavy atom. The largest absolute Gasteiger partial charge is 0.494 e. The molecule has 2 heterocycles. The number of nitrogens with zero attached hydrogens (tertiary/aromatic N) is 1. The van der Waals surface area contributed by atoms with Gasteiger partial charge in [-0.2, -0.15) is 0 Å². The van der Waals surface area contributed by atoms with E-state index in [9.17, 15) is 9.18 Å². The zero-order valence-corrected chi connectivity index (χ0v) is 10.1. The minimum atomic E-state index is -0.493. The minimum Gasteiger partial charge on any atom is -0.494 e. The first kappa shape index (κ1) is 11.5. The van der Waals surface area contributed by atoms with Crippen LogP contribution in [0.1, 0.15) is 16.8 Å². The van der Waals surface area contributed by atoms with Gasteiger partial charge in [-0.1, -0.05) is 0 Å². The van der Waals surface area contributed by atoms with Crippen LogP contribution in [0.25, 0.3) is 0 Å². The Hall–Kier alpha value is -1.62. The van der Waals surface area contributed by atoms with Crippen molar-refractivity contribution in [3.05, 3.63) is 29.6 Å². The Bertz CT molecular complexity index is 478. The molecule has 1 aromatic rings. The van der Waals surface area contributed by atoms with Gasteiger partial charge in [-0.3, -0.25) is 4.79 Å². The molecule has 5 heteroatoms. The van der Waals surface area contributed by atoms with E-state index in [4.69, 9.17) is 4.74 Å². The van der Waals surface area contributed by atoms with Crippen molar-refractivity contribution in [2.75, 3.05) is 20.2 Å². The van der Waals surface area contributed by atoms with Gasteiger partial charge in [0.15, 0.2) is 11.6 Å². The van der Waals surface area contributed by atoms with Gasteiger partial charge in [0.2, 0.25) is 0 Å². The molecule has 2 bridgehead atoms. The number of methoxy groups -OCH3 is 1. The van der Waals surface area contributed by atoms with Crippen LogP contribution in [0.4, 0.5) is 4.39 Å². The van der Waals surface area contributed by atoms with Gasteiger partial charge >= 0.3 is 0 Å². The van der Waals surface area contributed by atoms with Crippen LogP contribution in [0.3, 0.4) is 0 Å². The fraction of sp³-hybridized carbons (Fsp3) is 0.462. The average molecular weight is 250 g/mol. The number of piperazine rings is 1. The highest BCUT2D eigenvalue weighted by molar-refractivity contribution is 5.95. The Morgan fingerprint density at radius 2 is 2.17 bits per heavy atom. The van der Waals surface area contributed by atoms with Gasteiger partial charge in [0, 0.05) is 30.7 Å². The number of hydrogen-bond donors (Lipinski definition) is 1. The summed E-state index contributed by atoms with van der Waals surface area (Å²) in [5.41, 5.74) is 0.393. The number of halogens is 1. The summed E-state index contributed by atoms with van der Waals surface area (Å²) in [5, 5.41) is 3.26. The molecular formula is C13H15FN2O2. The number of hydrogen-bond acceptors (Lipinski definition) is 3. The maximum Gasteiger partial charge on any atom is 0.254 e. The van der Waals surface area contributed by atoms with E-state index in [-0.39, 0.29) is 23.7 Å². The van der Waals surface area contributed by atoms with Crippen LogP contribution in [0.2, 0.25) is 0 Å². The van der Waals surface area contributed by atoms with Crippen LogP contribution in [-0.4, -0.2) is 43.1 Å². The smallest absolute Gasteiger partial charge is 0.254 e. The monoisotopic (exact) mass is 250 g/mol. The van der Waals surface area contributed by atoms with Gasteiger partial charge in [-0.05, 0) is 24.6 Å². The topological polar surface area (TPSA) is 41.6 Å². The van der Waals surface area contributed by atoms with E-state index in [1.54, 1.807) is 6.07 Å². The van der Waals surface area contributed by atoms with Crippen LogP contribution in [0.15, 0.2) is 18.2 Å². The molecule has 1 N–H and O–H groups in total. The van der Waals surface area contributed by atoms with Gasteiger partial charge in [0.1, 0.15) is 0 Å². The molecule has 2 aliphatic rings. The quantitative estimate of drug-likeness (QED) is 0.852. The SMILES string of the molecule is COc1ccc(C(=O)N2C3CNCC2C3)cc1F. The second kappa shape index (κ2) is 4.24. The van der Waals surface area contributed by atoms with E-state index in [1.807, 2.05) is 4.90 Å². The Labute approximate surface area is 105 Å². The molecule has 0 saturated carbocycles. The average Bonchev–Trinajstić information content (AvgIpc) is 2.39. The number of piperidine rings is 1. The van der Waals surface area contributed by atoms with E-state index in [1.165, 1.54) is 19.2 Å². The lowest BCUT2D eigenvalue weighted by Gasteiger charge is -2.53. The zero-order valence-electron chi connectivity index (χ0n) is 10.1. The van der Waals surface area contributed by atoms with Crippen molar-refractivity contribution in [1.82, 2.24) is 10.2 Å². The van der Waals surface area contributed by atoms with Gasteiger partial charge in [-0.15, -0.1) is 0 Å². The van der Waals surface area contributed by atoms with Crippen molar-refractivity contribution in [3.63, 3.8) is 0 Å². The van der Waals surface area contributed by atoms with Crippen LogP contribution >= 0.6 is 0 Å². The number of nitrogens with one attached hydrogen (secondary N) is 1. The fourth-order valence-electron chi connectivity index (χ4n) is 2.76.